The lowest BCUT2D eigenvalue weighted by Gasteiger charge is -2.17. The Morgan fingerprint density at radius 3 is 2.47 bits per heavy atom. The molecule has 0 saturated heterocycles. The SMILES string of the molecule is CNc1nc(C)nc(NC(C)c2ccc(Cl)s2)c1C. The summed E-state index contributed by atoms with van der Waals surface area (Å²) in [6.07, 6.45) is 0. The summed E-state index contributed by atoms with van der Waals surface area (Å²) in [6, 6.07) is 4.11. The van der Waals surface area contributed by atoms with Crippen molar-refractivity contribution >= 4 is 34.6 Å². The van der Waals surface area contributed by atoms with Gasteiger partial charge in [-0.1, -0.05) is 11.6 Å². The van der Waals surface area contributed by atoms with E-state index in [4.69, 9.17) is 11.6 Å². The highest BCUT2D eigenvalue weighted by Gasteiger charge is 2.13. The number of hydrogen-bond donors (Lipinski definition) is 2. The van der Waals surface area contributed by atoms with Gasteiger partial charge >= 0.3 is 0 Å². The summed E-state index contributed by atoms with van der Waals surface area (Å²) in [5.41, 5.74) is 1.02. The number of aromatic nitrogens is 2. The van der Waals surface area contributed by atoms with Crippen LogP contribution in [-0.4, -0.2) is 17.0 Å². The van der Waals surface area contributed by atoms with E-state index >= 15 is 0 Å². The molecule has 2 aromatic rings. The predicted molar refractivity (Wildman–Crippen MR) is 82.4 cm³/mol. The van der Waals surface area contributed by atoms with Gasteiger partial charge < -0.3 is 10.6 Å². The summed E-state index contributed by atoms with van der Waals surface area (Å²) < 4.78 is 0.801. The zero-order valence-electron chi connectivity index (χ0n) is 11.4. The summed E-state index contributed by atoms with van der Waals surface area (Å²) in [7, 11) is 1.86. The van der Waals surface area contributed by atoms with Crippen molar-refractivity contribution in [1.82, 2.24) is 9.97 Å². The molecule has 2 N–H and O–H groups in total. The highest BCUT2D eigenvalue weighted by atomic mass is 35.5. The van der Waals surface area contributed by atoms with Crippen molar-refractivity contribution in [3.63, 3.8) is 0 Å². The average Bonchev–Trinajstić information content (AvgIpc) is 2.80. The first-order valence-corrected chi connectivity index (χ1v) is 7.25. The first kappa shape index (κ1) is 14.1. The Labute approximate surface area is 122 Å². The van der Waals surface area contributed by atoms with Crippen LogP contribution in [0.15, 0.2) is 12.1 Å². The molecule has 0 bridgehead atoms. The molecule has 2 aromatic heterocycles. The highest BCUT2D eigenvalue weighted by Crippen LogP contribution is 2.30. The molecule has 0 aromatic carbocycles. The van der Waals surface area contributed by atoms with Crippen LogP contribution in [0.1, 0.15) is 29.2 Å². The highest BCUT2D eigenvalue weighted by molar-refractivity contribution is 7.16. The van der Waals surface area contributed by atoms with Crippen LogP contribution >= 0.6 is 22.9 Å². The topological polar surface area (TPSA) is 49.8 Å². The Kier molecular flexibility index (Phi) is 4.27. The summed E-state index contributed by atoms with van der Waals surface area (Å²) in [6.45, 7) is 5.98. The molecule has 19 heavy (non-hydrogen) atoms. The maximum Gasteiger partial charge on any atom is 0.135 e. The molecule has 102 valence electrons. The van der Waals surface area contributed by atoms with E-state index in [1.165, 1.54) is 4.88 Å². The molecule has 2 rings (SSSR count). The molecule has 1 atom stereocenters. The van der Waals surface area contributed by atoms with Crippen LogP contribution in [0.2, 0.25) is 4.34 Å². The molecule has 0 amide bonds. The minimum atomic E-state index is 0.162. The summed E-state index contributed by atoms with van der Waals surface area (Å²) in [5.74, 6) is 2.45. The van der Waals surface area contributed by atoms with Gasteiger partial charge in [-0.2, -0.15) is 0 Å². The average molecular weight is 297 g/mol. The maximum absolute atomic E-state index is 5.97. The Morgan fingerprint density at radius 1 is 1.21 bits per heavy atom. The van der Waals surface area contributed by atoms with Crippen LogP contribution in [0.5, 0.6) is 0 Å². The fraction of sp³-hybridized carbons (Fsp3) is 0.385. The van der Waals surface area contributed by atoms with E-state index in [2.05, 4.69) is 27.5 Å². The monoisotopic (exact) mass is 296 g/mol. The second-order valence-electron chi connectivity index (χ2n) is 4.35. The second-order valence-corrected chi connectivity index (χ2v) is 6.10. The van der Waals surface area contributed by atoms with Crippen molar-refractivity contribution in [2.45, 2.75) is 26.8 Å². The lowest BCUT2D eigenvalue weighted by Crippen LogP contribution is -2.11. The fourth-order valence-electron chi connectivity index (χ4n) is 1.85. The first-order chi connectivity index (χ1) is 9.01. The third kappa shape index (κ3) is 3.16. The minimum Gasteiger partial charge on any atom is -0.373 e. The molecule has 0 aliphatic carbocycles. The van der Waals surface area contributed by atoms with E-state index in [1.807, 2.05) is 33.0 Å². The van der Waals surface area contributed by atoms with Crippen LogP contribution in [0, 0.1) is 13.8 Å². The van der Waals surface area contributed by atoms with Crippen LogP contribution in [-0.2, 0) is 0 Å². The maximum atomic E-state index is 5.97. The van der Waals surface area contributed by atoms with Crippen molar-refractivity contribution in [1.29, 1.82) is 0 Å². The number of rotatable bonds is 4. The van der Waals surface area contributed by atoms with Gasteiger partial charge in [0, 0.05) is 17.5 Å². The zero-order valence-corrected chi connectivity index (χ0v) is 13.0. The number of nitrogens with one attached hydrogen (secondary N) is 2. The smallest absolute Gasteiger partial charge is 0.135 e. The Balaban J connectivity index is 2.25. The number of aryl methyl sites for hydroxylation is 1. The summed E-state index contributed by atoms with van der Waals surface area (Å²) in [4.78, 5) is 10.0. The molecular weight excluding hydrogens is 280 g/mol. The van der Waals surface area contributed by atoms with Gasteiger partial charge in [0.1, 0.15) is 17.5 Å². The molecule has 0 saturated carbocycles. The summed E-state index contributed by atoms with van der Waals surface area (Å²) in [5, 5.41) is 6.50. The van der Waals surface area contributed by atoms with Gasteiger partial charge in [-0.25, -0.2) is 9.97 Å². The predicted octanol–water partition coefficient (Wildman–Crippen LogP) is 4.02. The number of hydrogen-bond acceptors (Lipinski definition) is 5. The largest absolute Gasteiger partial charge is 0.373 e. The van der Waals surface area contributed by atoms with Crippen molar-refractivity contribution < 1.29 is 0 Å². The van der Waals surface area contributed by atoms with Crippen LogP contribution in [0.4, 0.5) is 11.6 Å². The third-order valence-electron chi connectivity index (χ3n) is 2.87. The van der Waals surface area contributed by atoms with Gasteiger partial charge in [0.2, 0.25) is 0 Å². The Bertz CT molecular complexity index is 582. The van der Waals surface area contributed by atoms with Gasteiger partial charge in [-0.3, -0.25) is 0 Å². The minimum absolute atomic E-state index is 0.162. The summed E-state index contributed by atoms with van der Waals surface area (Å²) >= 11 is 7.55. The first-order valence-electron chi connectivity index (χ1n) is 6.06. The normalized spacial score (nSPS) is 12.3. The molecule has 4 nitrogen and oxygen atoms in total. The van der Waals surface area contributed by atoms with E-state index in [1.54, 1.807) is 11.3 Å². The molecule has 0 aliphatic heterocycles. The van der Waals surface area contributed by atoms with E-state index in [-0.39, 0.29) is 6.04 Å². The number of halogens is 1. The van der Waals surface area contributed by atoms with Crippen molar-refractivity contribution in [2.75, 3.05) is 17.7 Å². The lowest BCUT2D eigenvalue weighted by atomic mass is 10.2. The molecule has 6 heteroatoms. The zero-order chi connectivity index (χ0) is 14.0. The van der Waals surface area contributed by atoms with Gasteiger partial charge in [0.25, 0.3) is 0 Å². The fourth-order valence-corrected chi connectivity index (χ4v) is 2.91. The number of thiophene rings is 1. The molecule has 2 heterocycles. The molecule has 0 aliphatic rings. The number of nitrogens with zero attached hydrogens (tertiary/aromatic N) is 2. The van der Waals surface area contributed by atoms with E-state index in [0.29, 0.717) is 0 Å². The van der Waals surface area contributed by atoms with Crippen LogP contribution in [0.25, 0.3) is 0 Å². The van der Waals surface area contributed by atoms with Crippen molar-refractivity contribution in [3.05, 3.63) is 32.7 Å². The van der Waals surface area contributed by atoms with Gasteiger partial charge in [-0.15, -0.1) is 11.3 Å². The van der Waals surface area contributed by atoms with E-state index in [0.717, 1.165) is 27.4 Å². The van der Waals surface area contributed by atoms with Gasteiger partial charge in [-0.05, 0) is 32.9 Å². The van der Waals surface area contributed by atoms with E-state index < -0.39 is 0 Å². The van der Waals surface area contributed by atoms with Crippen molar-refractivity contribution in [3.8, 4) is 0 Å². The van der Waals surface area contributed by atoms with Gasteiger partial charge in [0.15, 0.2) is 0 Å². The van der Waals surface area contributed by atoms with Crippen molar-refractivity contribution in [2.24, 2.45) is 0 Å². The third-order valence-corrected chi connectivity index (χ3v) is 4.28. The number of anilines is 2. The molecule has 1 unspecified atom stereocenters. The Morgan fingerprint density at radius 2 is 1.89 bits per heavy atom. The quantitative estimate of drug-likeness (QED) is 0.894. The van der Waals surface area contributed by atoms with Gasteiger partial charge in [0.05, 0.1) is 10.4 Å². The second kappa shape index (κ2) is 5.75. The Hall–Kier alpha value is -1.33. The molecule has 0 fully saturated rings. The molecule has 0 radical (unpaired) electrons. The lowest BCUT2D eigenvalue weighted by molar-refractivity contribution is 0.882. The molecule has 0 spiro atoms. The van der Waals surface area contributed by atoms with E-state index in [9.17, 15) is 0 Å². The van der Waals surface area contributed by atoms with Crippen LogP contribution < -0.4 is 10.6 Å². The van der Waals surface area contributed by atoms with Crippen LogP contribution in [0.3, 0.4) is 0 Å². The standard InChI is InChI=1S/C13H17ClN4S/c1-7-12(15-4)17-9(3)18-13(7)16-8(2)10-5-6-11(14)19-10/h5-6,8H,1-4H3,(H2,15,16,17,18). The molecular formula is C13H17ClN4S.